The van der Waals surface area contributed by atoms with Crippen LogP contribution in [0.5, 0.6) is 0 Å². The van der Waals surface area contributed by atoms with E-state index in [1.54, 1.807) is 0 Å². The van der Waals surface area contributed by atoms with E-state index in [1.807, 2.05) is 35.6 Å². The first-order valence-electron chi connectivity index (χ1n) is 5.80. The average Bonchev–Trinajstić information content (AvgIpc) is 2.81. The molecule has 2 aromatic rings. The third kappa shape index (κ3) is 3.02. The second kappa shape index (κ2) is 5.56. The van der Waals surface area contributed by atoms with Gasteiger partial charge in [0.05, 0.1) is 16.8 Å². The molecule has 0 saturated carbocycles. The smallest absolute Gasteiger partial charge is 0.0637 e. The van der Waals surface area contributed by atoms with E-state index in [-0.39, 0.29) is 0 Å². The lowest BCUT2D eigenvalue weighted by atomic mass is 10.2. The molecule has 1 nitrogen and oxygen atoms in total. The Hall–Kier alpha value is -0.990. The summed E-state index contributed by atoms with van der Waals surface area (Å²) < 4.78 is 0. The van der Waals surface area contributed by atoms with Crippen molar-refractivity contribution < 1.29 is 0 Å². The third-order valence-corrected chi connectivity index (χ3v) is 4.45. The predicted molar refractivity (Wildman–Crippen MR) is 77.2 cm³/mol. The van der Waals surface area contributed by atoms with E-state index in [0.29, 0.717) is 6.04 Å². The summed E-state index contributed by atoms with van der Waals surface area (Å²) in [5.74, 6) is 0. The fourth-order valence-corrected chi connectivity index (χ4v) is 2.85. The number of para-hydroxylation sites is 1. The highest BCUT2D eigenvalue weighted by molar-refractivity contribution is 7.12. The number of anilines is 1. The first-order valence-corrected chi connectivity index (χ1v) is 7.00. The van der Waals surface area contributed by atoms with E-state index in [4.69, 9.17) is 11.6 Å². The van der Waals surface area contributed by atoms with Crippen LogP contribution in [-0.2, 0) is 6.42 Å². The molecule has 0 radical (unpaired) electrons. The summed E-state index contributed by atoms with van der Waals surface area (Å²) in [7, 11) is 0. The molecule has 0 bridgehead atoms. The molecule has 90 valence electrons. The van der Waals surface area contributed by atoms with Gasteiger partial charge in [0.2, 0.25) is 0 Å². The van der Waals surface area contributed by atoms with Crippen LogP contribution in [0.1, 0.15) is 29.6 Å². The molecule has 1 aromatic carbocycles. The fourth-order valence-electron chi connectivity index (χ4n) is 1.70. The summed E-state index contributed by atoms with van der Waals surface area (Å²) in [6.07, 6.45) is 1.10. The van der Waals surface area contributed by atoms with Gasteiger partial charge in [0, 0.05) is 9.75 Å². The van der Waals surface area contributed by atoms with Crippen LogP contribution in [0.15, 0.2) is 36.4 Å². The molecule has 1 atom stereocenters. The average molecular weight is 266 g/mol. The van der Waals surface area contributed by atoms with E-state index in [2.05, 4.69) is 31.3 Å². The molecule has 0 aliphatic heterocycles. The van der Waals surface area contributed by atoms with E-state index in [1.165, 1.54) is 9.75 Å². The Morgan fingerprint density at radius 2 is 2.00 bits per heavy atom. The van der Waals surface area contributed by atoms with Crippen LogP contribution in [-0.4, -0.2) is 0 Å². The number of aryl methyl sites for hydroxylation is 1. The summed E-state index contributed by atoms with van der Waals surface area (Å²) in [6, 6.07) is 12.5. The molecule has 2 rings (SSSR count). The predicted octanol–water partition coefficient (Wildman–Crippen LogP) is 5.14. The zero-order valence-electron chi connectivity index (χ0n) is 10.0. The van der Waals surface area contributed by atoms with E-state index < -0.39 is 0 Å². The van der Waals surface area contributed by atoms with Crippen molar-refractivity contribution >= 4 is 28.6 Å². The van der Waals surface area contributed by atoms with Gasteiger partial charge >= 0.3 is 0 Å². The van der Waals surface area contributed by atoms with Crippen LogP contribution in [0.4, 0.5) is 5.69 Å². The number of benzene rings is 1. The first kappa shape index (κ1) is 12.5. The van der Waals surface area contributed by atoms with Crippen molar-refractivity contribution in [2.75, 3.05) is 5.32 Å². The van der Waals surface area contributed by atoms with Gasteiger partial charge in [0.1, 0.15) is 0 Å². The van der Waals surface area contributed by atoms with Gasteiger partial charge in [-0.1, -0.05) is 30.7 Å². The second-order valence-electron chi connectivity index (χ2n) is 4.00. The van der Waals surface area contributed by atoms with Crippen LogP contribution in [0.3, 0.4) is 0 Å². The van der Waals surface area contributed by atoms with Crippen molar-refractivity contribution in [2.45, 2.75) is 26.3 Å². The van der Waals surface area contributed by atoms with Crippen LogP contribution >= 0.6 is 22.9 Å². The normalized spacial score (nSPS) is 12.4. The topological polar surface area (TPSA) is 12.0 Å². The van der Waals surface area contributed by atoms with Gasteiger partial charge in [-0.2, -0.15) is 0 Å². The van der Waals surface area contributed by atoms with Gasteiger partial charge in [-0.3, -0.25) is 0 Å². The minimum atomic E-state index is 0.292. The molecule has 0 aliphatic carbocycles. The van der Waals surface area contributed by atoms with Crippen molar-refractivity contribution in [2.24, 2.45) is 0 Å². The number of hydrogen-bond acceptors (Lipinski definition) is 2. The Morgan fingerprint density at radius 1 is 1.24 bits per heavy atom. The molecule has 3 heteroatoms. The summed E-state index contributed by atoms with van der Waals surface area (Å²) in [4.78, 5) is 2.77. The lowest BCUT2D eigenvalue weighted by Gasteiger charge is -2.14. The van der Waals surface area contributed by atoms with Crippen molar-refractivity contribution in [3.8, 4) is 0 Å². The van der Waals surface area contributed by atoms with E-state index >= 15 is 0 Å². The summed E-state index contributed by atoms with van der Waals surface area (Å²) in [5, 5.41) is 4.21. The maximum Gasteiger partial charge on any atom is 0.0637 e. The van der Waals surface area contributed by atoms with Crippen LogP contribution in [0.2, 0.25) is 5.02 Å². The minimum Gasteiger partial charge on any atom is -0.377 e. The SMILES string of the molecule is CCc1ccc(C(C)Nc2ccccc2Cl)s1. The van der Waals surface area contributed by atoms with E-state index in [9.17, 15) is 0 Å². The molecule has 0 spiro atoms. The maximum absolute atomic E-state index is 6.13. The van der Waals surface area contributed by atoms with E-state index in [0.717, 1.165) is 17.1 Å². The van der Waals surface area contributed by atoms with Gasteiger partial charge in [-0.15, -0.1) is 11.3 Å². The highest BCUT2D eigenvalue weighted by Crippen LogP contribution is 2.29. The fraction of sp³-hybridized carbons (Fsp3) is 0.286. The Kier molecular flexibility index (Phi) is 4.08. The molecule has 0 aliphatic rings. The Morgan fingerprint density at radius 3 is 2.65 bits per heavy atom. The lowest BCUT2D eigenvalue weighted by Crippen LogP contribution is -2.04. The maximum atomic E-state index is 6.13. The Balaban J connectivity index is 2.11. The minimum absolute atomic E-state index is 0.292. The Labute approximate surface area is 111 Å². The lowest BCUT2D eigenvalue weighted by molar-refractivity contribution is 0.908. The van der Waals surface area contributed by atoms with Gasteiger partial charge in [-0.25, -0.2) is 0 Å². The number of hydrogen-bond donors (Lipinski definition) is 1. The summed E-state index contributed by atoms with van der Waals surface area (Å²) in [6.45, 7) is 4.34. The zero-order chi connectivity index (χ0) is 12.3. The molecule has 1 heterocycles. The van der Waals surface area contributed by atoms with Crippen LogP contribution in [0.25, 0.3) is 0 Å². The second-order valence-corrected chi connectivity index (χ2v) is 5.61. The quantitative estimate of drug-likeness (QED) is 0.807. The van der Waals surface area contributed by atoms with Gasteiger partial charge in [0.15, 0.2) is 0 Å². The first-order chi connectivity index (χ1) is 8.20. The standard InChI is InChI=1S/C14H16ClNS/c1-3-11-8-9-14(17-11)10(2)16-13-7-5-4-6-12(13)15/h4-10,16H,3H2,1-2H3. The zero-order valence-corrected chi connectivity index (χ0v) is 11.6. The molecule has 0 saturated heterocycles. The summed E-state index contributed by atoms with van der Waals surface area (Å²) in [5.41, 5.74) is 0.994. The van der Waals surface area contributed by atoms with Crippen molar-refractivity contribution in [1.29, 1.82) is 0 Å². The highest BCUT2D eigenvalue weighted by atomic mass is 35.5. The van der Waals surface area contributed by atoms with Crippen molar-refractivity contribution in [3.63, 3.8) is 0 Å². The van der Waals surface area contributed by atoms with Gasteiger partial charge in [0.25, 0.3) is 0 Å². The molecule has 0 amide bonds. The highest BCUT2D eigenvalue weighted by Gasteiger charge is 2.09. The largest absolute Gasteiger partial charge is 0.377 e. The number of nitrogens with one attached hydrogen (secondary N) is 1. The third-order valence-electron chi connectivity index (χ3n) is 2.70. The monoisotopic (exact) mass is 265 g/mol. The van der Waals surface area contributed by atoms with Gasteiger partial charge in [-0.05, 0) is 37.6 Å². The molecular formula is C14H16ClNS. The number of halogens is 1. The van der Waals surface area contributed by atoms with Gasteiger partial charge < -0.3 is 5.32 Å². The number of rotatable bonds is 4. The molecule has 1 aromatic heterocycles. The number of thiophene rings is 1. The molecule has 1 N–H and O–H groups in total. The molecule has 1 unspecified atom stereocenters. The van der Waals surface area contributed by atoms with Crippen LogP contribution < -0.4 is 5.32 Å². The van der Waals surface area contributed by atoms with Crippen LogP contribution in [0, 0.1) is 0 Å². The summed E-state index contributed by atoms with van der Waals surface area (Å²) >= 11 is 7.99. The van der Waals surface area contributed by atoms with Crippen molar-refractivity contribution in [1.82, 2.24) is 0 Å². The molecular weight excluding hydrogens is 250 g/mol. The Bertz CT molecular complexity index is 492. The molecule has 17 heavy (non-hydrogen) atoms. The van der Waals surface area contributed by atoms with Crippen molar-refractivity contribution in [3.05, 3.63) is 51.2 Å². The molecule has 0 fully saturated rings.